The van der Waals surface area contributed by atoms with Crippen molar-refractivity contribution in [2.75, 3.05) is 31.3 Å². The van der Waals surface area contributed by atoms with E-state index in [9.17, 15) is 21.6 Å². The van der Waals surface area contributed by atoms with Gasteiger partial charge in [0, 0.05) is 43.7 Å². The summed E-state index contributed by atoms with van der Waals surface area (Å²) in [5.74, 6) is 0.429. The number of ether oxygens (including phenoxy) is 2. The Morgan fingerprint density at radius 2 is 2.00 bits per heavy atom. The van der Waals surface area contributed by atoms with Gasteiger partial charge < -0.3 is 14.8 Å². The number of hydrogen-bond acceptors (Lipinski definition) is 9. The number of aromatic amines is 1. The lowest BCUT2D eigenvalue weighted by Gasteiger charge is -2.31. The van der Waals surface area contributed by atoms with Crippen molar-refractivity contribution in [2.45, 2.75) is 50.1 Å². The highest BCUT2D eigenvalue weighted by Crippen LogP contribution is 2.34. The topological polar surface area (TPSA) is 140 Å². The first-order valence-electron chi connectivity index (χ1n) is 11.4. The van der Waals surface area contributed by atoms with Gasteiger partial charge in [0.25, 0.3) is 0 Å². The molecule has 0 aliphatic carbocycles. The van der Waals surface area contributed by atoms with Crippen LogP contribution in [0.1, 0.15) is 25.7 Å². The maximum atomic E-state index is 13.2. The lowest BCUT2D eigenvalue weighted by Crippen LogP contribution is -2.42. The summed E-state index contributed by atoms with van der Waals surface area (Å²) in [5, 5.41) is 14.3. The average molecular weight is 531 g/mol. The van der Waals surface area contributed by atoms with E-state index in [-0.39, 0.29) is 37.3 Å². The molecule has 2 fully saturated rings. The summed E-state index contributed by atoms with van der Waals surface area (Å²) in [6, 6.07) is -0.0471. The Bertz CT molecular complexity index is 1310. The van der Waals surface area contributed by atoms with Gasteiger partial charge in [-0.15, -0.1) is 5.10 Å². The molecule has 5 heterocycles. The number of halogens is 3. The molecule has 2 aliphatic rings. The van der Waals surface area contributed by atoms with E-state index in [0.717, 1.165) is 0 Å². The van der Waals surface area contributed by atoms with E-state index in [1.54, 1.807) is 6.20 Å². The molecule has 2 atom stereocenters. The van der Waals surface area contributed by atoms with E-state index in [2.05, 4.69) is 30.6 Å². The molecular weight excluding hydrogens is 505 g/mol. The molecule has 0 amide bonds. The maximum Gasteiger partial charge on any atom is 0.414 e. The van der Waals surface area contributed by atoms with Gasteiger partial charge in [-0.3, -0.25) is 5.10 Å². The molecule has 0 aromatic carbocycles. The van der Waals surface area contributed by atoms with Crippen molar-refractivity contribution in [2.24, 2.45) is 0 Å². The van der Waals surface area contributed by atoms with Crippen LogP contribution >= 0.6 is 0 Å². The monoisotopic (exact) mass is 530 g/mol. The summed E-state index contributed by atoms with van der Waals surface area (Å²) < 4.78 is 77.1. The number of H-pyrrole nitrogens is 1. The van der Waals surface area contributed by atoms with Gasteiger partial charge in [-0.2, -0.15) is 27.8 Å². The third kappa shape index (κ3) is 5.24. The quantitative estimate of drug-likeness (QED) is 0.489. The Morgan fingerprint density at radius 3 is 2.67 bits per heavy atom. The number of aromatic nitrogens is 6. The third-order valence-corrected chi connectivity index (χ3v) is 7.55. The Kier molecular flexibility index (Phi) is 6.50. The Morgan fingerprint density at radius 1 is 1.22 bits per heavy atom. The number of nitrogens with one attached hydrogen (secondary N) is 2. The van der Waals surface area contributed by atoms with Crippen molar-refractivity contribution in [1.82, 2.24) is 34.1 Å². The fraction of sp³-hybridized carbons (Fsp3) is 0.600. The maximum absolute atomic E-state index is 13.2. The third-order valence-electron chi connectivity index (χ3n) is 6.24. The smallest absolute Gasteiger partial charge is 0.414 e. The van der Waals surface area contributed by atoms with Gasteiger partial charge in [0.15, 0.2) is 11.8 Å². The Balaban J connectivity index is 1.41. The Hall–Kier alpha value is -2.98. The van der Waals surface area contributed by atoms with E-state index in [1.807, 2.05) is 0 Å². The number of anilines is 1. The second-order valence-electron chi connectivity index (χ2n) is 8.85. The van der Waals surface area contributed by atoms with Crippen molar-refractivity contribution in [3.8, 4) is 17.1 Å². The van der Waals surface area contributed by atoms with Crippen LogP contribution in [0.5, 0.6) is 5.88 Å². The molecule has 36 heavy (non-hydrogen) atoms. The second kappa shape index (κ2) is 9.48. The van der Waals surface area contributed by atoms with Crippen molar-refractivity contribution in [3.05, 3.63) is 18.6 Å². The number of fused-ring (bicyclic) bond motifs is 1. The van der Waals surface area contributed by atoms with E-state index in [1.165, 1.54) is 27.5 Å². The number of rotatable bonds is 6. The molecule has 2 N–H and O–H groups in total. The van der Waals surface area contributed by atoms with E-state index in [4.69, 9.17) is 9.47 Å². The van der Waals surface area contributed by atoms with Gasteiger partial charge in [-0.1, -0.05) is 0 Å². The molecule has 2 saturated heterocycles. The zero-order chi connectivity index (χ0) is 25.5. The molecular formula is C20H25F3N8O4S. The summed E-state index contributed by atoms with van der Waals surface area (Å²) in [6.45, 7) is 0.679. The number of piperidine rings is 1. The molecule has 0 radical (unpaired) electrons. The Labute approximate surface area is 204 Å². The fourth-order valence-corrected chi connectivity index (χ4v) is 5.23. The first-order chi connectivity index (χ1) is 17.1. The lowest BCUT2D eigenvalue weighted by molar-refractivity contribution is -0.238. The lowest BCUT2D eigenvalue weighted by atomic mass is 10.1. The van der Waals surface area contributed by atoms with Crippen molar-refractivity contribution < 1.29 is 31.1 Å². The predicted molar refractivity (Wildman–Crippen MR) is 121 cm³/mol. The molecule has 3 aromatic rings. The molecule has 2 unspecified atom stereocenters. The molecule has 196 valence electrons. The summed E-state index contributed by atoms with van der Waals surface area (Å²) >= 11 is 0. The van der Waals surface area contributed by atoms with Gasteiger partial charge in [-0.25, -0.2) is 17.7 Å². The minimum absolute atomic E-state index is 0.0471. The zero-order valence-electron chi connectivity index (χ0n) is 19.3. The average Bonchev–Trinajstić information content (AvgIpc) is 3.49. The van der Waals surface area contributed by atoms with Crippen molar-refractivity contribution >= 4 is 21.6 Å². The molecule has 5 rings (SSSR count). The highest BCUT2D eigenvalue weighted by atomic mass is 32.2. The van der Waals surface area contributed by atoms with E-state index >= 15 is 0 Å². The summed E-state index contributed by atoms with van der Waals surface area (Å²) in [7, 11) is -3.24. The molecule has 0 bridgehead atoms. The standard InChI is InChI=1S/C20H25F3N8O4S/c1-36(32,33)30-5-2-13(3-6-30)27-19-28-16-11-24-17(12-9-25-26-10-12)18(31(16)29-19)35-14-4-7-34-15(8-14)20(21,22)23/h9-11,13-15H,2-8H2,1H3,(H,25,26)(H,27,29). The molecule has 12 nitrogen and oxygen atoms in total. The highest BCUT2D eigenvalue weighted by molar-refractivity contribution is 7.88. The van der Waals surface area contributed by atoms with Gasteiger partial charge in [0.05, 0.1) is 25.3 Å². The number of hydrogen-bond donors (Lipinski definition) is 2. The van der Waals surface area contributed by atoms with Crippen LogP contribution in [0.3, 0.4) is 0 Å². The SMILES string of the molecule is CS(=O)(=O)N1CCC(Nc2nc3cnc(-c4cn[nH]c4)c(OC4CCOC(C(F)(F)F)C4)n3n2)CC1. The minimum Gasteiger partial charge on any atom is -0.473 e. The number of nitrogens with zero attached hydrogens (tertiary/aromatic N) is 6. The largest absolute Gasteiger partial charge is 0.473 e. The van der Waals surface area contributed by atoms with Gasteiger partial charge in [0.1, 0.15) is 11.8 Å². The van der Waals surface area contributed by atoms with Gasteiger partial charge in [0.2, 0.25) is 21.9 Å². The van der Waals surface area contributed by atoms with Crippen molar-refractivity contribution in [1.29, 1.82) is 0 Å². The van der Waals surface area contributed by atoms with Crippen molar-refractivity contribution in [3.63, 3.8) is 0 Å². The van der Waals surface area contributed by atoms with Crippen LogP contribution in [0.2, 0.25) is 0 Å². The second-order valence-corrected chi connectivity index (χ2v) is 10.8. The highest BCUT2D eigenvalue weighted by Gasteiger charge is 2.44. The van der Waals surface area contributed by atoms with Crippen LogP contribution in [0, 0.1) is 0 Å². The number of alkyl halides is 3. The zero-order valence-corrected chi connectivity index (χ0v) is 20.1. The summed E-state index contributed by atoms with van der Waals surface area (Å²) in [6.07, 6.45) is -0.321. The fourth-order valence-electron chi connectivity index (χ4n) is 4.35. The molecule has 2 aliphatic heterocycles. The summed E-state index contributed by atoms with van der Waals surface area (Å²) in [5.41, 5.74) is 1.27. The van der Waals surface area contributed by atoms with Crippen LogP contribution < -0.4 is 10.1 Å². The summed E-state index contributed by atoms with van der Waals surface area (Å²) in [4.78, 5) is 8.86. The molecule has 0 saturated carbocycles. The predicted octanol–water partition coefficient (Wildman–Crippen LogP) is 1.84. The molecule has 16 heteroatoms. The van der Waals surface area contributed by atoms with E-state index in [0.29, 0.717) is 42.8 Å². The van der Waals surface area contributed by atoms with E-state index < -0.39 is 28.4 Å². The van der Waals surface area contributed by atoms with Gasteiger partial charge in [-0.05, 0) is 12.8 Å². The van der Waals surface area contributed by atoms with Crippen LogP contribution in [0.25, 0.3) is 16.9 Å². The van der Waals surface area contributed by atoms with Gasteiger partial charge >= 0.3 is 6.18 Å². The van der Waals surface area contributed by atoms with Crippen LogP contribution in [0.4, 0.5) is 19.1 Å². The normalized spacial score (nSPS) is 22.7. The van der Waals surface area contributed by atoms with Crippen LogP contribution in [-0.2, 0) is 14.8 Å². The number of sulfonamides is 1. The minimum atomic E-state index is -4.49. The first kappa shape index (κ1) is 24.7. The first-order valence-corrected chi connectivity index (χ1v) is 13.2. The molecule has 3 aromatic heterocycles. The van der Waals surface area contributed by atoms with Crippen LogP contribution in [0.15, 0.2) is 18.6 Å². The van der Waals surface area contributed by atoms with Crippen LogP contribution in [-0.4, -0.2) is 92.9 Å². The molecule has 0 spiro atoms.